The van der Waals surface area contributed by atoms with E-state index in [9.17, 15) is 19.2 Å². The summed E-state index contributed by atoms with van der Waals surface area (Å²) in [5.41, 5.74) is 0. The van der Waals surface area contributed by atoms with Crippen molar-refractivity contribution in [3.8, 4) is 0 Å². The van der Waals surface area contributed by atoms with Crippen LogP contribution in [-0.4, -0.2) is 84.1 Å². The number of hydrogen-bond donors (Lipinski definition) is 0. The summed E-state index contributed by atoms with van der Waals surface area (Å²) >= 11 is 0. The van der Waals surface area contributed by atoms with Gasteiger partial charge in [-0.05, 0) is 27.7 Å². The summed E-state index contributed by atoms with van der Waals surface area (Å²) in [6.07, 6.45) is 4.46. The lowest BCUT2D eigenvalue weighted by molar-refractivity contribution is -0.143. The molecule has 9 heteroatoms. The third-order valence-corrected chi connectivity index (χ3v) is 4.80. The number of imide groups is 2. The summed E-state index contributed by atoms with van der Waals surface area (Å²) in [5.74, 6) is -1.32. The molecule has 160 valence electrons. The average Bonchev–Trinajstić information content (AvgIpc) is 3.19. The van der Waals surface area contributed by atoms with Gasteiger partial charge < -0.3 is 14.2 Å². The Morgan fingerprint density at radius 3 is 1.79 bits per heavy atom. The molecule has 4 unspecified atom stereocenters. The molecule has 0 fully saturated rings. The highest BCUT2D eigenvalue weighted by atomic mass is 16.6. The van der Waals surface area contributed by atoms with E-state index in [0.717, 1.165) is 4.90 Å². The van der Waals surface area contributed by atoms with Crippen LogP contribution in [0.15, 0.2) is 24.3 Å². The molecular formula is C20H28N2O7. The predicted molar refractivity (Wildman–Crippen MR) is 103 cm³/mol. The zero-order chi connectivity index (χ0) is 21.6. The van der Waals surface area contributed by atoms with Crippen molar-refractivity contribution in [2.24, 2.45) is 0 Å². The highest BCUT2D eigenvalue weighted by molar-refractivity contribution is 6.13. The second-order valence-electron chi connectivity index (χ2n) is 7.14. The maximum Gasteiger partial charge on any atom is 0.253 e. The minimum atomic E-state index is -0.382. The lowest BCUT2D eigenvalue weighted by Crippen LogP contribution is -2.45. The fourth-order valence-electron chi connectivity index (χ4n) is 2.98. The van der Waals surface area contributed by atoms with Gasteiger partial charge in [-0.2, -0.15) is 0 Å². The molecular weight excluding hydrogens is 380 g/mol. The number of rotatable bonds is 12. The van der Waals surface area contributed by atoms with Crippen molar-refractivity contribution in [2.75, 3.05) is 26.4 Å². The lowest BCUT2D eigenvalue weighted by atomic mass is 10.2. The number of hydrogen-bond acceptors (Lipinski definition) is 7. The Morgan fingerprint density at radius 1 is 0.724 bits per heavy atom. The van der Waals surface area contributed by atoms with E-state index in [1.165, 1.54) is 29.2 Å². The molecule has 0 aliphatic carbocycles. The molecule has 0 bridgehead atoms. The van der Waals surface area contributed by atoms with Crippen LogP contribution in [0.3, 0.4) is 0 Å². The van der Waals surface area contributed by atoms with E-state index in [0.29, 0.717) is 19.8 Å². The maximum atomic E-state index is 11.7. The Labute approximate surface area is 170 Å². The summed E-state index contributed by atoms with van der Waals surface area (Å²) in [4.78, 5) is 48.9. The van der Waals surface area contributed by atoms with Gasteiger partial charge in [0.1, 0.15) is 0 Å². The van der Waals surface area contributed by atoms with Crippen molar-refractivity contribution >= 4 is 23.6 Å². The fourth-order valence-corrected chi connectivity index (χ4v) is 2.98. The van der Waals surface area contributed by atoms with Gasteiger partial charge in [0.05, 0.1) is 50.7 Å². The van der Waals surface area contributed by atoms with Crippen molar-refractivity contribution in [3.05, 3.63) is 24.3 Å². The summed E-state index contributed by atoms with van der Waals surface area (Å²) in [6.45, 7) is 8.33. The quantitative estimate of drug-likeness (QED) is 0.341. The largest absolute Gasteiger partial charge is 0.377 e. The number of ether oxygens (including phenoxy) is 3. The normalized spacial score (nSPS) is 20.7. The van der Waals surface area contributed by atoms with E-state index in [-0.39, 0.29) is 54.5 Å². The Bertz CT molecular complexity index is 667. The summed E-state index contributed by atoms with van der Waals surface area (Å²) < 4.78 is 16.8. The van der Waals surface area contributed by atoms with Gasteiger partial charge in [-0.3, -0.25) is 29.0 Å². The van der Waals surface area contributed by atoms with Crippen LogP contribution < -0.4 is 0 Å². The molecule has 9 nitrogen and oxygen atoms in total. The van der Waals surface area contributed by atoms with Crippen LogP contribution in [0.4, 0.5) is 0 Å². The summed E-state index contributed by atoms with van der Waals surface area (Å²) in [5, 5.41) is 0. The third kappa shape index (κ3) is 6.06. The molecule has 0 N–H and O–H groups in total. The molecule has 0 aromatic carbocycles. The first-order valence-corrected chi connectivity index (χ1v) is 9.63. The van der Waals surface area contributed by atoms with Gasteiger partial charge in [-0.15, -0.1) is 0 Å². The second kappa shape index (κ2) is 10.4. The fraction of sp³-hybridized carbons (Fsp3) is 0.600. The smallest absolute Gasteiger partial charge is 0.253 e. The van der Waals surface area contributed by atoms with Gasteiger partial charge in [0, 0.05) is 24.3 Å². The van der Waals surface area contributed by atoms with E-state index in [1.807, 2.05) is 6.92 Å². The van der Waals surface area contributed by atoms with Crippen LogP contribution in [0.1, 0.15) is 27.7 Å². The summed E-state index contributed by atoms with van der Waals surface area (Å²) in [6, 6.07) is -0.730. The van der Waals surface area contributed by atoms with Crippen LogP contribution in [-0.2, 0) is 33.4 Å². The van der Waals surface area contributed by atoms with Crippen molar-refractivity contribution in [1.29, 1.82) is 0 Å². The molecule has 0 aromatic heterocycles. The number of nitrogens with zero attached hydrogens (tertiary/aromatic N) is 2. The molecule has 4 atom stereocenters. The highest BCUT2D eigenvalue weighted by Crippen LogP contribution is 2.14. The van der Waals surface area contributed by atoms with Gasteiger partial charge >= 0.3 is 0 Å². The topological polar surface area (TPSA) is 102 Å². The second-order valence-corrected chi connectivity index (χ2v) is 7.14. The Balaban J connectivity index is 1.58. The predicted octanol–water partition coefficient (Wildman–Crippen LogP) is 0.440. The standard InChI is InChI=1S/C20H28N2O7/c1-13(21-17(23)5-6-18(21)24)11-27-9-10-28-14(2)12-29-16(4)15(3)22-19(25)7-8-20(22)26/h5-8,13-16H,9-12H2,1-4H3. The van der Waals surface area contributed by atoms with Crippen LogP contribution in [0.2, 0.25) is 0 Å². The minimum absolute atomic E-state index is 0.209. The van der Waals surface area contributed by atoms with Crippen molar-refractivity contribution < 1.29 is 33.4 Å². The highest BCUT2D eigenvalue weighted by Gasteiger charge is 2.32. The lowest BCUT2D eigenvalue weighted by Gasteiger charge is -2.28. The van der Waals surface area contributed by atoms with Gasteiger partial charge in [-0.25, -0.2) is 0 Å². The first-order valence-electron chi connectivity index (χ1n) is 9.63. The molecule has 0 saturated carbocycles. The third-order valence-electron chi connectivity index (χ3n) is 4.80. The zero-order valence-corrected chi connectivity index (χ0v) is 17.2. The van der Waals surface area contributed by atoms with Crippen LogP contribution in [0.25, 0.3) is 0 Å². The number of amides is 4. The Morgan fingerprint density at radius 2 is 1.24 bits per heavy atom. The van der Waals surface area contributed by atoms with Gasteiger partial charge in [0.2, 0.25) is 0 Å². The number of carbonyl (C=O) groups is 4. The van der Waals surface area contributed by atoms with Crippen molar-refractivity contribution in [2.45, 2.75) is 52.0 Å². The van der Waals surface area contributed by atoms with Crippen LogP contribution in [0, 0.1) is 0 Å². The van der Waals surface area contributed by atoms with E-state index in [4.69, 9.17) is 14.2 Å². The first-order chi connectivity index (χ1) is 13.7. The molecule has 2 aliphatic rings. The van der Waals surface area contributed by atoms with E-state index >= 15 is 0 Å². The zero-order valence-electron chi connectivity index (χ0n) is 17.2. The molecule has 29 heavy (non-hydrogen) atoms. The molecule has 0 radical (unpaired) electrons. The van der Waals surface area contributed by atoms with Gasteiger partial charge in [-0.1, -0.05) is 0 Å². The average molecular weight is 408 g/mol. The van der Waals surface area contributed by atoms with E-state index < -0.39 is 0 Å². The molecule has 4 amide bonds. The maximum absolute atomic E-state index is 11.7. The van der Waals surface area contributed by atoms with Crippen molar-refractivity contribution in [1.82, 2.24) is 9.80 Å². The molecule has 0 aromatic rings. The first kappa shape index (κ1) is 22.9. The molecule has 2 aliphatic heterocycles. The van der Waals surface area contributed by atoms with Crippen molar-refractivity contribution in [3.63, 3.8) is 0 Å². The molecule has 2 rings (SSSR count). The van der Waals surface area contributed by atoms with Crippen LogP contribution in [0.5, 0.6) is 0 Å². The van der Waals surface area contributed by atoms with E-state index in [2.05, 4.69) is 0 Å². The monoisotopic (exact) mass is 408 g/mol. The molecule has 2 heterocycles. The van der Waals surface area contributed by atoms with Gasteiger partial charge in [0.15, 0.2) is 0 Å². The van der Waals surface area contributed by atoms with E-state index in [1.54, 1.807) is 20.8 Å². The molecule has 0 spiro atoms. The number of carbonyl (C=O) groups excluding carboxylic acids is 4. The van der Waals surface area contributed by atoms with Gasteiger partial charge in [0.25, 0.3) is 23.6 Å². The minimum Gasteiger partial charge on any atom is -0.377 e. The molecule has 0 saturated heterocycles. The Kier molecular flexibility index (Phi) is 8.24. The summed E-state index contributed by atoms with van der Waals surface area (Å²) in [7, 11) is 0. The van der Waals surface area contributed by atoms with Crippen LogP contribution >= 0.6 is 0 Å². The Hall–Kier alpha value is -2.36. The SMILES string of the molecule is CC(COC(C)C(C)N1C(=O)C=CC1=O)OCCOCC(C)N1C(=O)C=CC1=O.